The average molecular weight is 384 g/mol. The number of rotatable bonds is 8. The summed E-state index contributed by atoms with van der Waals surface area (Å²) in [6.45, 7) is 1.36. The van der Waals surface area contributed by atoms with Gasteiger partial charge < -0.3 is 15.6 Å². The summed E-state index contributed by atoms with van der Waals surface area (Å²) < 4.78 is 0. The van der Waals surface area contributed by atoms with Crippen molar-refractivity contribution in [3.05, 3.63) is 95.9 Å². The highest BCUT2D eigenvalue weighted by atomic mass is 16.1. The Hall–Kier alpha value is -3.60. The van der Waals surface area contributed by atoms with Gasteiger partial charge in [0, 0.05) is 42.1 Å². The van der Waals surface area contributed by atoms with Crippen LogP contribution in [0.2, 0.25) is 0 Å². The Morgan fingerprint density at radius 2 is 1.76 bits per heavy atom. The van der Waals surface area contributed by atoms with Crippen molar-refractivity contribution < 1.29 is 4.79 Å². The van der Waals surface area contributed by atoms with Gasteiger partial charge in [0.2, 0.25) is 0 Å². The zero-order valence-electron chi connectivity index (χ0n) is 16.2. The highest BCUT2D eigenvalue weighted by Crippen LogP contribution is 2.18. The van der Waals surface area contributed by atoms with Crippen LogP contribution in [0.1, 0.15) is 21.6 Å². The molecule has 5 nitrogen and oxygen atoms in total. The maximum Gasteiger partial charge on any atom is 0.269 e. The number of hydrogen-bond donors (Lipinski definition) is 3. The Morgan fingerprint density at radius 1 is 0.931 bits per heavy atom. The highest BCUT2D eigenvalue weighted by molar-refractivity contribution is 5.93. The number of para-hydroxylation sites is 1. The molecule has 5 heteroatoms. The number of aromatic nitrogens is 2. The molecule has 0 saturated carbocycles. The van der Waals surface area contributed by atoms with Crippen molar-refractivity contribution in [3.63, 3.8) is 0 Å². The molecule has 0 bridgehead atoms. The molecule has 3 N–H and O–H groups in total. The summed E-state index contributed by atoms with van der Waals surface area (Å²) in [7, 11) is 0. The third kappa shape index (κ3) is 4.82. The van der Waals surface area contributed by atoms with Crippen molar-refractivity contribution in [3.8, 4) is 0 Å². The Kier molecular flexibility index (Phi) is 5.86. The first-order valence-electron chi connectivity index (χ1n) is 9.86. The number of carbonyl (C=O) groups is 1. The Morgan fingerprint density at radius 3 is 2.66 bits per heavy atom. The molecule has 0 radical (unpaired) electrons. The number of pyridine rings is 1. The Labute approximate surface area is 170 Å². The molecule has 2 aromatic carbocycles. The van der Waals surface area contributed by atoms with Crippen molar-refractivity contribution >= 4 is 22.5 Å². The third-order valence-corrected chi connectivity index (χ3v) is 4.93. The van der Waals surface area contributed by atoms with Gasteiger partial charge in [-0.3, -0.25) is 9.78 Å². The van der Waals surface area contributed by atoms with Crippen LogP contribution in [0.4, 0.5) is 5.69 Å². The van der Waals surface area contributed by atoms with Crippen LogP contribution in [0, 0.1) is 0 Å². The van der Waals surface area contributed by atoms with E-state index in [2.05, 4.69) is 57.1 Å². The third-order valence-electron chi connectivity index (χ3n) is 4.93. The molecule has 0 spiro atoms. The second-order valence-electron chi connectivity index (χ2n) is 6.96. The van der Waals surface area contributed by atoms with E-state index in [1.54, 1.807) is 12.3 Å². The first-order chi connectivity index (χ1) is 14.3. The largest absolute Gasteiger partial charge is 0.385 e. The lowest BCUT2D eigenvalue weighted by molar-refractivity contribution is 0.0949. The molecule has 29 heavy (non-hydrogen) atoms. The van der Waals surface area contributed by atoms with Crippen LogP contribution in [0.15, 0.2) is 79.1 Å². The van der Waals surface area contributed by atoms with E-state index in [9.17, 15) is 4.79 Å². The zero-order valence-corrected chi connectivity index (χ0v) is 16.2. The number of anilines is 1. The van der Waals surface area contributed by atoms with E-state index in [-0.39, 0.29) is 5.91 Å². The number of aromatic amines is 1. The molecular formula is C24H24N4O. The molecule has 0 aliphatic rings. The molecule has 0 aliphatic carbocycles. The van der Waals surface area contributed by atoms with Gasteiger partial charge in [-0.1, -0.05) is 48.5 Å². The van der Waals surface area contributed by atoms with Gasteiger partial charge >= 0.3 is 0 Å². The maximum absolute atomic E-state index is 12.4. The fourth-order valence-corrected chi connectivity index (χ4v) is 3.40. The van der Waals surface area contributed by atoms with Crippen molar-refractivity contribution in [1.29, 1.82) is 0 Å². The molecular weight excluding hydrogens is 360 g/mol. The van der Waals surface area contributed by atoms with Gasteiger partial charge in [-0.05, 0) is 42.2 Å². The molecule has 2 aromatic heterocycles. The van der Waals surface area contributed by atoms with Crippen molar-refractivity contribution in [1.82, 2.24) is 15.3 Å². The topological polar surface area (TPSA) is 69.8 Å². The van der Waals surface area contributed by atoms with E-state index in [1.807, 2.05) is 30.3 Å². The molecule has 2 heterocycles. The van der Waals surface area contributed by atoms with Crippen molar-refractivity contribution in [2.45, 2.75) is 12.8 Å². The van der Waals surface area contributed by atoms with Crippen molar-refractivity contribution in [2.75, 3.05) is 18.4 Å². The lowest BCUT2D eigenvalue weighted by Crippen LogP contribution is -2.26. The minimum atomic E-state index is -0.152. The molecule has 0 unspecified atom stereocenters. The van der Waals surface area contributed by atoms with Gasteiger partial charge in [-0.25, -0.2) is 0 Å². The first kappa shape index (κ1) is 18.7. The van der Waals surface area contributed by atoms with Gasteiger partial charge in [-0.15, -0.1) is 0 Å². The van der Waals surface area contributed by atoms with Gasteiger partial charge in [0.05, 0.1) is 0 Å². The number of carbonyl (C=O) groups excluding carboxylic acids is 1. The summed E-state index contributed by atoms with van der Waals surface area (Å²) in [6, 6.07) is 22.1. The minimum Gasteiger partial charge on any atom is -0.385 e. The zero-order chi connectivity index (χ0) is 19.9. The number of benzene rings is 2. The lowest BCUT2D eigenvalue weighted by Gasteiger charge is -2.08. The molecule has 0 fully saturated rings. The Bertz CT molecular complexity index is 1090. The minimum absolute atomic E-state index is 0.152. The Balaban J connectivity index is 1.29. The number of nitrogens with zero attached hydrogens (tertiary/aromatic N) is 1. The SMILES string of the molecule is O=C(NCCc1ccccc1)c1cc(NCCc2c[nH]c3ccccc23)ccn1. The van der Waals surface area contributed by atoms with Crippen LogP contribution >= 0.6 is 0 Å². The summed E-state index contributed by atoms with van der Waals surface area (Å²) in [5.41, 5.74) is 4.96. The molecule has 0 saturated heterocycles. The number of nitrogens with one attached hydrogen (secondary N) is 3. The second-order valence-corrected chi connectivity index (χ2v) is 6.96. The predicted octanol–water partition coefficient (Wildman–Crippen LogP) is 4.19. The van der Waals surface area contributed by atoms with Gasteiger partial charge in [0.25, 0.3) is 5.91 Å². The number of H-pyrrole nitrogens is 1. The fraction of sp³-hybridized carbons (Fsp3) is 0.167. The number of hydrogen-bond acceptors (Lipinski definition) is 3. The van der Waals surface area contributed by atoms with E-state index in [4.69, 9.17) is 0 Å². The quantitative estimate of drug-likeness (QED) is 0.427. The monoisotopic (exact) mass is 384 g/mol. The van der Waals surface area contributed by atoms with Crippen LogP contribution in [0.3, 0.4) is 0 Å². The highest BCUT2D eigenvalue weighted by Gasteiger charge is 2.08. The van der Waals surface area contributed by atoms with Crippen LogP contribution in [0.25, 0.3) is 10.9 Å². The molecule has 1 amide bonds. The van der Waals surface area contributed by atoms with Gasteiger partial charge in [-0.2, -0.15) is 0 Å². The molecule has 0 aliphatic heterocycles. The van der Waals surface area contributed by atoms with E-state index in [1.165, 1.54) is 16.5 Å². The summed E-state index contributed by atoms with van der Waals surface area (Å²) in [6.07, 6.45) is 5.42. The summed E-state index contributed by atoms with van der Waals surface area (Å²) in [5, 5.41) is 7.58. The summed E-state index contributed by atoms with van der Waals surface area (Å²) >= 11 is 0. The van der Waals surface area contributed by atoms with E-state index >= 15 is 0 Å². The van der Waals surface area contributed by atoms with Gasteiger partial charge in [0.1, 0.15) is 5.69 Å². The predicted molar refractivity (Wildman–Crippen MR) is 117 cm³/mol. The maximum atomic E-state index is 12.4. The van der Waals surface area contributed by atoms with E-state index < -0.39 is 0 Å². The van der Waals surface area contributed by atoms with Crippen LogP contribution in [-0.4, -0.2) is 29.0 Å². The first-order valence-corrected chi connectivity index (χ1v) is 9.86. The normalized spacial score (nSPS) is 10.8. The van der Waals surface area contributed by atoms with Crippen molar-refractivity contribution in [2.24, 2.45) is 0 Å². The number of amides is 1. The fourth-order valence-electron chi connectivity index (χ4n) is 3.40. The molecule has 0 atom stereocenters. The van der Waals surface area contributed by atoms with E-state index in [0.29, 0.717) is 12.2 Å². The summed E-state index contributed by atoms with van der Waals surface area (Å²) in [4.78, 5) is 19.9. The lowest BCUT2D eigenvalue weighted by atomic mass is 10.1. The van der Waals surface area contributed by atoms with E-state index in [0.717, 1.165) is 30.6 Å². The molecule has 4 aromatic rings. The smallest absolute Gasteiger partial charge is 0.269 e. The average Bonchev–Trinajstić information content (AvgIpc) is 3.18. The second kappa shape index (κ2) is 9.06. The molecule has 4 rings (SSSR count). The standard InChI is InChI=1S/C24H24N4O/c29-24(27-13-10-18-6-2-1-3-7-18)23-16-20(12-15-26-23)25-14-11-19-17-28-22-9-5-4-8-21(19)22/h1-9,12,15-17,28H,10-11,13-14H2,(H,25,26)(H,27,29). The molecule has 146 valence electrons. The summed E-state index contributed by atoms with van der Waals surface area (Å²) in [5.74, 6) is -0.152. The van der Waals surface area contributed by atoms with Crippen LogP contribution < -0.4 is 10.6 Å². The van der Waals surface area contributed by atoms with Crippen LogP contribution in [0.5, 0.6) is 0 Å². The van der Waals surface area contributed by atoms with Gasteiger partial charge in [0.15, 0.2) is 0 Å². The number of fused-ring (bicyclic) bond motifs is 1. The van der Waals surface area contributed by atoms with Crippen LogP contribution in [-0.2, 0) is 12.8 Å².